The maximum Gasteiger partial charge on any atom is -0.00928 e. The topological polar surface area (TPSA) is 0 Å². The number of rotatable bonds is 2. The van der Waals surface area contributed by atoms with E-state index in [1.54, 1.807) is 0 Å². The highest BCUT2D eigenvalue weighted by Crippen LogP contribution is 2.31. The molecule has 0 saturated heterocycles. The highest BCUT2D eigenvalue weighted by molar-refractivity contribution is 5.97. The van der Waals surface area contributed by atoms with E-state index in [1.165, 1.54) is 38.2 Å². The molecule has 0 bridgehead atoms. The molecule has 0 aliphatic carbocycles. The molecule has 0 fully saturated rings. The average molecular weight is 329 g/mol. The van der Waals surface area contributed by atoms with E-state index in [2.05, 4.69) is 109 Å². The van der Waals surface area contributed by atoms with Crippen molar-refractivity contribution in [3.8, 4) is 22.3 Å². The van der Waals surface area contributed by atoms with Gasteiger partial charge >= 0.3 is 0 Å². The molecule has 0 heteroatoms. The molecule has 0 saturated carbocycles. The van der Waals surface area contributed by atoms with Crippen molar-refractivity contribution in [1.82, 2.24) is 0 Å². The molecule has 5 aromatic rings. The first-order chi connectivity index (χ1) is 12.9. The molecule has 0 spiro atoms. The molecule has 0 aliphatic heterocycles. The fraction of sp³-hybridized carbons (Fsp3) is 0. The fourth-order valence-electron chi connectivity index (χ4n) is 3.61. The molecular weight excluding hydrogens is 312 g/mol. The Balaban J connectivity index is 1.57. The zero-order valence-electron chi connectivity index (χ0n) is 14.3. The molecular formula is C26H17. The molecule has 0 N–H and O–H groups in total. The Bertz CT molecular complexity index is 1210. The Morgan fingerprint density at radius 2 is 1.23 bits per heavy atom. The van der Waals surface area contributed by atoms with Crippen LogP contribution in [0.25, 0.3) is 43.8 Å². The van der Waals surface area contributed by atoms with E-state index >= 15 is 0 Å². The van der Waals surface area contributed by atoms with Gasteiger partial charge in [0, 0.05) is 0 Å². The summed E-state index contributed by atoms with van der Waals surface area (Å²) in [4.78, 5) is 0. The molecule has 5 aromatic carbocycles. The summed E-state index contributed by atoms with van der Waals surface area (Å²) in [5.74, 6) is 0. The van der Waals surface area contributed by atoms with Gasteiger partial charge in [-0.2, -0.15) is 0 Å². The molecule has 0 aliphatic rings. The number of hydrogen-bond donors (Lipinski definition) is 0. The lowest BCUT2D eigenvalue weighted by molar-refractivity contribution is 1.61. The third-order valence-electron chi connectivity index (χ3n) is 4.97. The maximum absolute atomic E-state index is 3.48. The molecule has 0 heterocycles. The summed E-state index contributed by atoms with van der Waals surface area (Å²) in [5.41, 5.74) is 4.78. The molecule has 0 atom stereocenters. The van der Waals surface area contributed by atoms with Gasteiger partial charge in [-0.1, -0.05) is 91.0 Å². The van der Waals surface area contributed by atoms with Crippen molar-refractivity contribution in [2.24, 2.45) is 0 Å². The normalized spacial score (nSPS) is 11.1. The van der Waals surface area contributed by atoms with Crippen LogP contribution >= 0.6 is 0 Å². The Morgan fingerprint density at radius 3 is 2.08 bits per heavy atom. The third kappa shape index (κ3) is 2.57. The van der Waals surface area contributed by atoms with Crippen LogP contribution in [0.15, 0.2) is 103 Å². The molecule has 121 valence electrons. The Hall–Kier alpha value is -3.38. The van der Waals surface area contributed by atoms with Gasteiger partial charge in [0.15, 0.2) is 0 Å². The number of hydrogen-bond acceptors (Lipinski definition) is 0. The highest BCUT2D eigenvalue weighted by atomic mass is 14.1. The summed E-state index contributed by atoms with van der Waals surface area (Å²) in [6.07, 6.45) is 0. The van der Waals surface area contributed by atoms with Gasteiger partial charge in [0.05, 0.1) is 0 Å². The molecule has 5 rings (SSSR count). The van der Waals surface area contributed by atoms with Gasteiger partial charge in [0.25, 0.3) is 0 Å². The van der Waals surface area contributed by atoms with Crippen molar-refractivity contribution in [2.75, 3.05) is 0 Å². The van der Waals surface area contributed by atoms with E-state index in [9.17, 15) is 0 Å². The second-order valence-corrected chi connectivity index (χ2v) is 6.58. The standard InChI is InChI=1S/C26H17/c1-2-8-23-18-24(17-14-19(23)6-1)20-12-15-22(16-13-20)26-11-5-9-21-7-3-4-10-25(21)26/h1-12,14-18H. The smallest absolute Gasteiger partial charge is 0.00928 e. The van der Waals surface area contributed by atoms with Crippen molar-refractivity contribution >= 4 is 21.5 Å². The van der Waals surface area contributed by atoms with E-state index in [-0.39, 0.29) is 0 Å². The quantitative estimate of drug-likeness (QED) is 0.323. The third-order valence-corrected chi connectivity index (χ3v) is 4.97. The van der Waals surface area contributed by atoms with Crippen molar-refractivity contribution in [3.05, 3.63) is 109 Å². The monoisotopic (exact) mass is 329 g/mol. The van der Waals surface area contributed by atoms with Gasteiger partial charge in [-0.3, -0.25) is 0 Å². The summed E-state index contributed by atoms with van der Waals surface area (Å²) < 4.78 is 0. The predicted molar refractivity (Wildman–Crippen MR) is 111 cm³/mol. The van der Waals surface area contributed by atoms with Crippen LogP contribution < -0.4 is 0 Å². The van der Waals surface area contributed by atoms with E-state index in [4.69, 9.17) is 0 Å². The van der Waals surface area contributed by atoms with Crippen LogP contribution in [0, 0.1) is 6.07 Å². The molecule has 0 amide bonds. The summed E-state index contributed by atoms with van der Waals surface area (Å²) in [6.45, 7) is 0. The van der Waals surface area contributed by atoms with E-state index in [0.717, 1.165) is 5.56 Å². The van der Waals surface area contributed by atoms with E-state index in [0.29, 0.717) is 0 Å². The summed E-state index contributed by atoms with van der Waals surface area (Å²) >= 11 is 0. The molecule has 1 radical (unpaired) electrons. The van der Waals surface area contributed by atoms with Crippen LogP contribution in [0.1, 0.15) is 0 Å². The first kappa shape index (κ1) is 14.9. The predicted octanol–water partition coefficient (Wildman–Crippen LogP) is 7.13. The van der Waals surface area contributed by atoms with E-state index < -0.39 is 0 Å². The van der Waals surface area contributed by atoms with Crippen LogP contribution in [0.2, 0.25) is 0 Å². The lowest BCUT2D eigenvalue weighted by atomic mass is 9.95. The Kier molecular flexibility index (Phi) is 3.54. The molecule has 26 heavy (non-hydrogen) atoms. The van der Waals surface area contributed by atoms with Crippen molar-refractivity contribution in [1.29, 1.82) is 0 Å². The average Bonchev–Trinajstić information content (AvgIpc) is 2.73. The van der Waals surface area contributed by atoms with Gasteiger partial charge in [0.1, 0.15) is 0 Å². The van der Waals surface area contributed by atoms with Gasteiger partial charge < -0.3 is 0 Å². The number of fused-ring (bicyclic) bond motifs is 2. The van der Waals surface area contributed by atoms with Crippen LogP contribution in [0.3, 0.4) is 0 Å². The van der Waals surface area contributed by atoms with E-state index in [1.807, 2.05) is 0 Å². The van der Waals surface area contributed by atoms with Crippen molar-refractivity contribution < 1.29 is 0 Å². The second kappa shape index (κ2) is 6.16. The highest BCUT2D eigenvalue weighted by Gasteiger charge is 2.05. The molecule has 0 unspecified atom stereocenters. The van der Waals surface area contributed by atoms with Gasteiger partial charge in [-0.25, -0.2) is 0 Å². The Labute approximate surface area is 153 Å². The van der Waals surface area contributed by atoms with Crippen LogP contribution in [-0.4, -0.2) is 0 Å². The van der Waals surface area contributed by atoms with Crippen molar-refractivity contribution in [3.63, 3.8) is 0 Å². The first-order valence-corrected chi connectivity index (χ1v) is 8.87. The minimum atomic E-state index is 1.12. The minimum Gasteiger partial charge on any atom is -0.0616 e. The molecule has 0 aromatic heterocycles. The largest absolute Gasteiger partial charge is 0.0616 e. The summed E-state index contributed by atoms with van der Waals surface area (Å²) in [5, 5.41) is 5.07. The molecule has 0 nitrogen and oxygen atoms in total. The van der Waals surface area contributed by atoms with Gasteiger partial charge in [-0.05, 0) is 62.0 Å². The second-order valence-electron chi connectivity index (χ2n) is 6.58. The zero-order chi connectivity index (χ0) is 17.3. The van der Waals surface area contributed by atoms with Gasteiger partial charge in [-0.15, -0.1) is 0 Å². The van der Waals surface area contributed by atoms with Gasteiger partial charge in [0.2, 0.25) is 0 Å². The fourth-order valence-corrected chi connectivity index (χ4v) is 3.61. The first-order valence-electron chi connectivity index (χ1n) is 8.87. The minimum absolute atomic E-state index is 1.12. The maximum atomic E-state index is 3.48. The Morgan fingerprint density at radius 1 is 0.500 bits per heavy atom. The van der Waals surface area contributed by atoms with Crippen LogP contribution in [0.5, 0.6) is 0 Å². The lowest BCUT2D eigenvalue weighted by Crippen LogP contribution is -1.83. The lowest BCUT2D eigenvalue weighted by Gasteiger charge is -2.08. The van der Waals surface area contributed by atoms with Crippen LogP contribution in [0.4, 0.5) is 0 Å². The zero-order valence-corrected chi connectivity index (χ0v) is 14.3. The number of benzene rings is 5. The summed E-state index contributed by atoms with van der Waals surface area (Å²) in [7, 11) is 0. The van der Waals surface area contributed by atoms with Crippen LogP contribution in [-0.2, 0) is 0 Å². The SMILES string of the molecule is [c]1cc(-c2cccc3ccccc23)ccc1-c1ccc2ccccc2c1. The summed E-state index contributed by atoms with van der Waals surface area (Å²) in [6, 6.07) is 40.0. The van der Waals surface area contributed by atoms with Crippen molar-refractivity contribution in [2.45, 2.75) is 0 Å².